The molecule has 0 aliphatic carbocycles. The number of hydrogen-bond donors (Lipinski definition) is 2. The maximum absolute atomic E-state index is 12.9. The highest BCUT2D eigenvalue weighted by Crippen LogP contribution is 2.45. The molecule has 1 aromatic heterocycles. The number of alkyl halides is 1. The lowest BCUT2D eigenvalue weighted by Gasteiger charge is -2.29. The molecule has 0 saturated carbocycles. The molecule has 1 saturated heterocycles. The number of anilines is 1. The highest BCUT2D eigenvalue weighted by atomic mass is 79.9. The summed E-state index contributed by atoms with van der Waals surface area (Å²) in [5.74, 6) is -1.07. The van der Waals surface area contributed by atoms with Gasteiger partial charge in [0.1, 0.15) is 12.3 Å². The highest BCUT2D eigenvalue weighted by molar-refractivity contribution is 9.11. The van der Waals surface area contributed by atoms with Gasteiger partial charge in [0.25, 0.3) is 5.56 Å². The van der Waals surface area contributed by atoms with Crippen LogP contribution in [0.1, 0.15) is 30.7 Å². The van der Waals surface area contributed by atoms with E-state index in [0.29, 0.717) is 5.69 Å². The molecule has 2 aromatic carbocycles. The number of carbonyl (C=O) groups is 1. The fourth-order valence-electron chi connectivity index (χ4n) is 4.09. The number of carbonyl (C=O) groups excluding carboxylic acids is 1. The first kappa shape index (κ1) is 31.9. The SMILES string of the molecule is C[C@@H](C(=O)OP(=O)(O)OC[C@H]1O[C@@H](n2cc(/C=C/Br)c(=O)[nH]c2=O)C[C@@H]1Cl)N(OCc1ccccc1)c1ccccc1. The average molecular weight is 685 g/mol. The quantitative estimate of drug-likeness (QED) is 0.159. The third kappa shape index (κ3) is 8.29. The fraction of sp³-hybridized carbons (Fsp3) is 0.296. The van der Waals surface area contributed by atoms with Gasteiger partial charge in [-0.05, 0) is 35.7 Å². The summed E-state index contributed by atoms with van der Waals surface area (Å²) in [5, 5.41) is 0.564. The molecule has 0 radical (unpaired) electrons. The predicted octanol–water partition coefficient (Wildman–Crippen LogP) is 4.48. The smallest absolute Gasteiger partial charge is 0.369 e. The summed E-state index contributed by atoms with van der Waals surface area (Å²) in [5.41, 5.74) is 0.269. The number of nitrogens with one attached hydrogen (secondary N) is 1. The van der Waals surface area contributed by atoms with Crippen molar-refractivity contribution in [3.05, 3.63) is 104 Å². The summed E-state index contributed by atoms with van der Waals surface area (Å²) in [6.07, 6.45) is 1.09. The fourth-order valence-corrected chi connectivity index (χ4v) is 5.43. The largest absolute Gasteiger partial charge is 0.529 e. The van der Waals surface area contributed by atoms with E-state index in [1.54, 1.807) is 30.3 Å². The van der Waals surface area contributed by atoms with Gasteiger partial charge in [-0.25, -0.2) is 19.2 Å². The number of rotatable bonds is 12. The summed E-state index contributed by atoms with van der Waals surface area (Å²) in [4.78, 5) is 57.1. The molecular weight excluding hydrogens is 657 g/mol. The molecule has 224 valence electrons. The monoisotopic (exact) mass is 683 g/mol. The second-order valence-electron chi connectivity index (χ2n) is 9.20. The Morgan fingerprint density at radius 1 is 1.24 bits per heavy atom. The number of aromatic nitrogens is 2. The highest BCUT2D eigenvalue weighted by Gasteiger charge is 2.39. The molecule has 4 rings (SSSR count). The lowest BCUT2D eigenvalue weighted by Crippen LogP contribution is -2.40. The van der Waals surface area contributed by atoms with E-state index >= 15 is 0 Å². The number of ether oxygens (including phenoxy) is 1. The summed E-state index contributed by atoms with van der Waals surface area (Å²) < 4.78 is 29.6. The van der Waals surface area contributed by atoms with Gasteiger partial charge < -0.3 is 9.26 Å². The minimum absolute atomic E-state index is 0.129. The third-order valence-electron chi connectivity index (χ3n) is 6.23. The Morgan fingerprint density at radius 2 is 1.90 bits per heavy atom. The van der Waals surface area contributed by atoms with Crippen LogP contribution in [0, 0.1) is 0 Å². The van der Waals surface area contributed by atoms with Gasteiger partial charge >= 0.3 is 19.5 Å². The van der Waals surface area contributed by atoms with Gasteiger partial charge in [0.05, 0.1) is 29.8 Å². The van der Waals surface area contributed by atoms with Crippen LogP contribution < -0.4 is 16.3 Å². The minimum atomic E-state index is -4.92. The number of benzene rings is 2. The maximum Gasteiger partial charge on any atom is 0.529 e. The average Bonchev–Trinajstić information content (AvgIpc) is 3.34. The van der Waals surface area contributed by atoms with Gasteiger partial charge in [0, 0.05) is 12.6 Å². The standard InChI is InChI=1S/C27H28BrClN3O9P/c1-18(32(21-10-6-3-7-11-21)38-16-19-8-4-2-5-9-19)26(34)41-42(36,37)39-17-23-22(29)14-24(40-23)31-15-20(12-13-28)25(33)30-27(31)35/h2-13,15,18,22-24H,14,16-17H2,1H3,(H,36,37)(H,30,33,35)/b13-12+/t18-,22-,23+,24+/m0/s1. The summed E-state index contributed by atoms with van der Waals surface area (Å²) in [6, 6.07) is 16.9. The Hall–Kier alpha value is -3.03. The van der Waals surface area contributed by atoms with Crippen molar-refractivity contribution in [2.45, 2.75) is 43.7 Å². The van der Waals surface area contributed by atoms with Gasteiger partial charge in [-0.1, -0.05) is 64.5 Å². The van der Waals surface area contributed by atoms with E-state index in [0.717, 1.165) is 10.1 Å². The number of H-pyrrole nitrogens is 1. The van der Waals surface area contributed by atoms with Crippen LogP contribution in [0.4, 0.5) is 5.69 Å². The number of hydroxylamine groups is 1. The van der Waals surface area contributed by atoms with Crippen LogP contribution in [0.5, 0.6) is 0 Å². The topological polar surface area (TPSA) is 149 Å². The van der Waals surface area contributed by atoms with Crippen LogP contribution in [-0.4, -0.2) is 44.5 Å². The Bertz CT molecular complexity index is 1550. The van der Waals surface area contributed by atoms with Crippen LogP contribution >= 0.6 is 35.4 Å². The van der Waals surface area contributed by atoms with E-state index in [9.17, 15) is 23.8 Å². The van der Waals surface area contributed by atoms with Crippen LogP contribution in [0.15, 0.2) is 81.4 Å². The van der Waals surface area contributed by atoms with Crippen molar-refractivity contribution < 1.29 is 32.9 Å². The molecule has 0 bridgehead atoms. The van der Waals surface area contributed by atoms with Crippen molar-refractivity contribution in [3.8, 4) is 0 Å². The molecule has 0 spiro atoms. The first-order chi connectivity index (χ1) is 20.1. The van der Waals surface area contributed by atoms with Crippen molar-refractivity contribution in [2.24, 2.45) is 0 Å². The summed E-state index contributed by atoms with van der Waals surface area (Å²) in [6.45, 7) is 1.07. The maximum atomic E-state index is 12.9. The minimum Gasteiger partial charge on any atom is -0.369 e. The van der Waals surface area contributed by atoms with Crippen molar-refractivity contribution in [1.82, 2.24) is 9.55 Å². The van der Waals surface area contributed by atoms with E-state index in [-0.39, 0.29) is 18.6 Å². The van der Waals surface area contributed by atoms with Gasteiger partial charge in [-0.2, -0.15) is 0 Å². The molecular formula is C27H28BrClN3O9P. The van der Waals surface area contributed by atoms with Crippen LogP contribution in [0.2, 0.25) is 0 Å². The van der Waals surface area contributed by atoms with Crippen molar-refractivity contribution in [1.29, 1.82) is 0 Å². The van der Waals surface area contributed by atoms with Gasteiger partial charge in [0.15, 0.2) is 6.04 Å². The number of hydrogen-bond acceptors (Lipinski definition) is 9. The second-order valence-corrected chi connectivity index (χ2v) is 11.7. The van der Waals surface area contributed by atoms with Crippen molar-refractivity contribution in [2.75, 3.05) is 11.7 Å². The Kier molecular flexibility index (Phi) is 11.0. The molecule has 0 amide bonds. The van der Waals surface area contributed by atoms with Crippen LogP contribution in [0.3, 0.4) is 0 Å². The number of halogens is 2. The van der Waals surface area contributed by atoms with Crippen molar-refractivity contribution >= 4 is 53.1 Å². The lowest BCUT2D eigenvalue weighted by molar-refractivity contribution is -0.139. The molecule has 15 heteroatoms. The lowest BCUT2D eigenvalue weighted by atomic mass is 10.2. The first-order valence-electron chi connectivity index (χ1n) is 12.7. The molecule has 12 nitrogen and oxygen atoms in total. The number of phosphoric ester groups is 1. The zero-order valence-corrected chi connectivity index (χ0v) is 25.5. The molecule has 1 aliphatic rings. The summed E-state index contributed by atoms with van der Waals surface area (Å²) >= 11 is 9.45. The van der Waals surface area contributed by atoms with Gasteiger partial charge in [-0.15, -0.1) is 11.6 Å². The van der Waals surface area contributed by atoms with E-state index < -0.39 is 55.4 Å². The number of aromatic amines is 1. The third-order valence-corrected chi connectivity index (χ3v) is 7.84. The normalized spacial score (nSPS) is 20.7. The van der Waals surface area contributed by atoms with E-state index in [4.69, 9.17) is 30.2 Å². The molecule has 42 heavy (non-hydrogen) atoms. The van der Waals surface area contributed by atoms with E-state index in [1.807, 2.05) is 30.3 Å². The second kappa shape index (κ2) is 14.4. The van der Waals surface area contributed by atoms with Gasteiger partial charge in [0.2, 0.25) is 0 Å². The van der Waals surface area contributed by atoms with E-state index in [2.05, 4.69) is 20.9 Å². The van der Waals surface area contributed by atoms with Gasteiger partial charge in [-0.3, -0.25) is 28.6 Å². The Balaban J connectivity index is 1.38. The zero-order chi connectivity index (χ0) is 30.3. The first-order valence-corrected chi connectivity index (χ1v) is 15.6. The van der Waals surface area contributed by atoms with E-state index in [1.165, 1.54) is 29.2 Å². The number of phosphoric acid groups is 1. The Morgan fingerprint density at radius 3 is 2.57 bits per heavy atom. The molecule has 1 aliphatic heterocycles. The zero-order valence-electron chi connectivity index (χ0n) is 22.2. The number of para-hydroxylation sites is 1. The Labute approximate surface area is 254 Å². The molecule has 2 heterocycles. The van der Waals surface area contributed by atoms with Crippen LogP contribution in [-0.2, 0) is 34.6 Å². The van der Waals surface area contributed by atoms with Crippen molar-refractivity contribution in [3.63, 3.8) is 0 Å². The molecule has 1 fully saturated rings. The molecule has 5 atom stereocenters. The predicted molar refractivity (Wildman–Crippen MR) is 159 cm³/mol. The van der Waals surface area contributed by atoms with Crippen LogP contribution in [0.25, 0.3) is 6.08 Å². The molecule has 1 unspecified atom stereocenters. The summed E-state index contributed by atoms with van der Waals surface area (Å²) in [7, 11) is -4.92. The molecule has 2 N–H and O–H groups in total. The molecule has 3 aromatic rings. The number of nitrogens with zero attached hydrogens (tertiary/aromatic N) is 2.